The van der Waals surface area contributed by atoms with E-state index in [1.807, 2.05) is 4.98 Å². The molecular weight excluding hydrogens is 367 g/mol. The van der Waals surface area contributed by atoms with E-state index >= 15 is 0 Å². The Balaban J connectivity index is 2.10. The molecule has 25 heavy (non-hydrogen) atoms. The Morgan fingerprint density at radius 3 is 2.16 bits per heavy atom. The molecule has 0 aliphatic heterocycles. The number of rotatable bonds is 3. The highest BCUT2D eigenvalue weighted by atomic mass is 35.5. The molecule has 0 atom stereocenters. The summed E-state index contributed by atoms with van der Waals surface area (Å²) in [5.41, 5.74) is -0.451. The van der Waals surface area contributed by atoms with Crippen molar-refractivity contribution in [2.24, 2.45) is 0 Å². The first-order valence-electron chi connectivity index (χ1n) is 7.02. The van der Waals surface area contributed by atoms with Gasteiger partial charge in [-0.2, -0.15) is 0 Å². The number of carbonyl (C=O) groups is 1. The Labute approximate surface area is 150 Å². The second-order valence-electron chi connectivity index (χ2n) is 5.12. The van der Waals surface area contributed by atoms with Gasteiger partial charge in [0.05, 0.1) is 5.69 Å². The van der Waals surface area contributed by atoms with Gasteiger partial charge in [0.1, 0.15) is 5.56 Å². The van der Waals surface area contributed by atoms with Crippen LogP contribution in [0.4, 0.5) is 0 Å². The minimum absolute atomic E-state index is 0.385. The number of carboxylic acid groups (broad SMARTS) is 1. The lowest BCUT2D eigenvalue weighted by atomic mass is 10.1. The number of aromatic amines is 1. The molecular formula is C17H10Cl2N2O4. The van der Waals surface area contributed by atoms with Gasteiger partial charge in [-0.05, 0) is 29.8 Å². The molecule has 1 aromatic heterocycles. The SMILES string of the molecule is O=C(O)c1cn(-c2ccc(-c3c(Cl)cccc3Cl)cc2)c(=O)[nH]c1=O. The van der Waals surface area contributed by atoms with Gasteiger partial charge >= 0.3 is 11.7 Å². The highest BCUT2D eigenvalue weighted by Crippen LogP contribution is 2.34. The lowest BCUT2D eigenvalue weighted by molar-refractivity contribution is 0.0694. The molecule has 2 N–H and O–H groups in total. The van der Waals surface area contributed by atoms with Crippen LogP contribution in [-0.4, -0.2) is 20.6 Å². The zero-order valence-electron chi connectivity index (χ0n) is 12.5. The molecule has 1 heterocycles. The van der Waals surface area contributed by atoms with Crippen molar-refractivity contribution in [2.75, 3.05) is 0 Å². The van der Waals surface area contributed by atoms with E-state index in [-0.39, 0.29) is 0 Å². The average molecular weight is 377 g/mol. The minimum atomic E-state index is -1.42. The van der Waals surface area contributed by atoms with Crippen LogP contribution in [0.5, 0.6) is 0 Å². The molecule has 3 rings (SSSR count). The quantitative estimate of drug-likeness (QED) is 0.733. The molecule has 0 aliphatic carbocycles. The van der Waals surface area contributed by atoms with E-state index in [4.69, 9.17) is 28.3 Å². The Morgan fingerprint density at radius 2 is 1.60 bits per heavy atom. The summed E-state index contributed by atoms with van der Waals surface area (Å²) in [5.74, 6) is -1.42. The van der Waals surface area contributed by atoms with Crippen molar-refractivity contribution in [3.63, 3.8) is 0 Å². The molecule has 0 spiro atoms. The van der Waals surface area contributed by atoms with E-state index in [0.717, 1.165) is 16.3 Å². The normalized spacial score (nSPS) is 10.6. The highest BCUT2D eigenvalue weighted by molar-refractivity contribution is 6.39. The van der Waals surface area contributed by atoms with E-state index in [0.29, 0.717) is 21.3 Å². The number of hydrogen-bond acceptors (Lipinski definition) is 3. The van der Waals surface area contributed by atoms with E-state index < -0.39 is 22.8 Å². The fourth-order valence-corrected chi connectivity index (χ4v) is 2.99. The van der Waals surface area contributed by atoms with Gasteiger partial charge in [-0.1, -0.05) is 41.4 Å². The van der Waals surface area contributed by atoms with Crippen LogP contribution in [0.2, 0.25) is 10.0 Å². The van der Waals surface area contributed by atoms with E-state index in [1.165, 1.54) is 0 Å². The Bertz CT molecular complexity index is 1060. The zero-order chi connectivity index (χ0) is 18.1. The van der Waals surface area contributed by atoms with Crippen LogP contribution in [0.1, 0.15) is 10.4 Å². The van der Waals surface area contributed by atoms with Crippen LogP contribution in [0.3, 0.4) is 0 Å². The lowest BCUT2D eigenvalue weighted by Crippen LogP contribution is -2.32. The summed E-state index contributed by atoms with van der Waals surface area (Å²) in [6.45, 7) is 0. The molecule has 8 heteroatoms. The predicted molar refractivity (Wildman–Crippen MR) is 95.1 cm³/mol. The summed E-state index contributed by atoms with van der Waals surface area (Å²) in [7, 11) is 0. The molecule has 0 aliphatic rings. The maximum atomic E-state index is 12.0. The zero-order valence-corrected chi connectivity index (χ0v) is 14.0. The summed E-state index contributed by atoms with van der Waals surface area (Å²) in [6.07, 6.45) is 0.987. The van der Waals surface area contributed by atoms with Gasteiger partial charge in [-0.3, -0.25) is 14.3 Å². The number of halogens is 2. The fraction of sp³-hybridized carbons (Fsp3) is 0. The fourth-order valence-electron chi connectivity index (χ4n) is 2.38. The third-order valence-electron chi connectivity index (χ3n) is 3.57. The van der Waals surface area contributed by atoms with Crippen LogP contribution in [0.25, 0.3) is 16.8 Å². The number of benzene rings is 2. The van der Waals surface area contributed by atoms with Crippen molar-refractivity contribution in [1.29, 1.82) is 0 Å². The number of nitrogens with one attached hydrogen (secondary N) is 1. The van der Waals surface area contributed by atoms with Gasteiger partial charge in [-0.25, -0.2) is 9.59 Å². The van der Waals surface area contributed by atoms with Crippen molar-refractivity contribution >= 4 is 29.2 Å². The van der Waals surface area contributed by atoms with Crippen molar-refractivity contribution < 1.29 is 9.90 Å². The number of hydrogen-bond donors (Lipinski definition) is 2. The maximum Gasteiger partial charge on any atom is 0.342 e. The summed E-state index contributed by atoms with van der Waals surface area (Å²) in [6, 6.07) is 11.7. The topological polar surface area (TPSA) is 92.2 Å². The molecule has 0 unspecified atom stereocenters. The lowest BCUT2D eigenvalue weighted by Gasteiger charge is -2.10. The molecule has 0 saturated carbocycles. The van der Waals surface area contributed by atoms with E-state index in [2.05, 4.69) is 0 Å². The van der Waals surface area contributed by atoms with Gasteiger partial charge in [-0.15, -0.1) is 0 Å². The Hall–Kier alpha value is -2.83. The maximum absolute atomic E-state index is 12.0. The summed E-state index contributed by atoms with van der Waals surface area (Å²) in [5, 5.41) is 9.98. The molecule has 0 bridgehead atoms. The third kappa shape index (κ3) is 3.22. The number of aromatic nitrogens is 2. The number of aromatic carboxylic acids is 1. The second kappa shape index (κ2) is 6.58. The standard InChI is InChI=1S/C17H10Cl2N2O4/c18-12-2-1-3-13(19)14(12)9-4-6-10(7-5-9)21-8-11(16(23)24)15(22)20-17(21)25/h1-8H,(H,23,24)(H,20,22,25). The van der Waals surface area contributed by atoms with E-state index in [1.54, 1.807) is 42.5 Å². The van der Waals surface area contributed by atoms with Crippen LogP contribution >= 0.6 is 23.2 Å². The molecule has 126 valence electrons. The first-order valence-corrected chi connectivity index (χ1v) is 7.78. The average Bonchev–Trinajstić information content (AvgIpc) is 2.55. The Kier molecular flexibility index (Phi) is 4.48. The van der Waals surface area contributed by atoms with Crippen molar-refractivity contribution in [3.05, 3.63) is 85.1 Å². The van der Waals surface area contributed by atoms with Crippen molar-refractivity contribution in [1.82, 2.24) is 9.55 Å². The summed E-state index contributed by atoms with van der Waals surface area (Å²) < 4.78 is 1.04. The number of H-pyrrole nitrogens is 1. The Morgan fingerprint density at radius 1 is 1.00 bits per heavy atom. The molecule has 0 radical (unpaired) electrons. The first kappa shape index (κ1) is 17.0. The van der Waals surface area contributed by atoms with Crippen LogP contribution in [-0.2, 0) is 0 Å². The highest BCUT2D eigenvalue weighted by Gasteiger charge is 2.13. The molecule has 2 aromatic carbocycles. The minimum Gasteiger partial charge on any atom is -0.477 e. The van der Waals surface area contributed by atoms with Crippen LogP contribution in [0, 0.1) is 0 Å². The smallest absolute Gasteiger partial charge is 0.342 e. The van der Waals surface area contributed by atoms with Gasteiger partial charge in [0.15, 0.2) is 0 Å². The molecule has 0 fully saturated rings. The summed E-state index contributed by atoms with van der Waals surface area (Å²) in [4.78, 5) is 36.5. The van der Waals surface area contributed by atoms with Gasteiger partial charge in [0.2, 0.25) is 0 Å². The first-order chi connectivity index (χ1) is 11.9. The molecule has 3 aromatic rings. The van der Waals surface area contributed by atoms with Gasteiger partial charge in [0.25, 0.3) is 5.56 Å². The van der Waals surface area contributed by atoms with Gasteiger partial charge in [0, 0.05) is 21.8 Å². The number of carboxylic acids is 1. The largest absolute Gasteiger partial charge is 0.477 e. The summed E-state index contributed by atoms with van der Waals surface area (Å²) >= 11 is 12.3. The molecule has 0 saturated heterocycles. The van der Waals surface area contributed by atoms with E-state index in [9.17, 15) is 14.4 Å². The second-order valence-corrected chi connectivity index (χ2v) is 5.94. The van der Waals surface area contributed by atoms with Crippen LogP contribution < -0.4 is 11.2 Å². The van der Waals surface area contributed by atoms with Crippen molar-refractivity contribution in [3.8, 4) is 16.8 Å². The third-order valence-corrected chi connectivity index (χ3v) is 4.20. The molecule has 6 nitrogen and oxygen atoms in total. The van der Waals surface area contributed by atoms with Crippen molar-refractivity contribution in [2.45, 2.75) is 0 Å². The van der Waals surface area contributed by atoms with Gasteiger partial charge < -0.3 is 5.11 Å². The predicted octanol–water partition coefficient (Wildman–Crippen LogP) is 3.20. The monoisotopic (exact) mass is 376 g/mol. The van der Waals surface area contributed by atoms with Crippen LogP contribution in [0.15, 0.2) is 58.3 Å². The molecule has 0 amide bonds. The number of nitrogens with zero attached hydrogens (tertiary/aromatic N) is 1.